The summed E-state index contributed by atoms with van der Waals surface area (Å²) in [4.78, 5) is 11.9. The van der Waals surface area contributed by atoms with Gasteiger partial charge in [0.1, 0.15) is 22.3 Å². The highest BCUT2D eigenvalue weighted by Gasteiger charge is 2.27. The molecule has 0 saturated carbocycles. The van der Waals surface area contributed by atoms with Crippen LogP contribution in [0, 0.1) is 11.6 Å². The molecule has 0 aromatic heterocycles. The van der Waals surface area contributed by atoms with Gasteiger partial charge in [0, 0.05) is 18.1 Å². The summed E-state index contributed by atoms with van der Waals surface area (Å²) in [6, 6.07) is 6.74. The quantitative estimate of drug-likeness (QED) is 0.748. The third-order valence-corrected chi connectivity index (χ3v) is 5.52. The molecular formula is C17H17ClF2N2O4S. The van der Waals surface area contributed by atoms with E-state index in [1.807, 2.05) is 0 Å². The molecule has 6 nitrogen and oxygen atoms in total. The lowest BCUT2D eigenvalue weighted by molar-refractivity contribution is -0.116. The third-order valence-electron chi connectivity index (χ3n) is 3.47. The Morgan fingerprint density at radius 3 is 2.56 bits per heavy atom. The van der Waals surface area contributed by atoms with E-state index in [0.29, 0.717) is 6.07 Å². The average Bonchev–Trinajstić information content (AvgIpc) is 2.59. The fraction of sp³-hybridized carbons (Fsp3) is 0.235. The number of carbonyl (C=O) groups excluding carboxylic acids is 1. The summed E-state index contributed by atoms with van der Waals surface area (Å²) in [6.45, 7) is 1.33. The number of sulfonamides is 1. The molecule has 0 spiro atoms. The van der Waals surface area contributed by atoms with Gasteiger partial charge < -0.3 is 10.1 Å². The molecular weight excluding hydrogens is 402 g/mol. The monoisotopic (exact) mass is 418 g/mol. The number of ether oxygens (including phenoxy) is 1. The van der Waals surface area contributed by atoms with Crippen LogP contribution >= 0.6 is 11.6 Å². The van der Waals surface area contributed by atoms with Crippen molar-refractivity contribution in [3.8, 4) is 5.75 Å². The average molecular weight is 419 g/mol. The maximum atomic E-state index is 13.6. The minimum absolute atomic E-state index is 0.0961. The summed E-state index contributed by atoms with van der Waals surface area (Å²) < 4.78 is 58.1. The largest absolute Gasteiger partial charge is 0.492 e. The second-order valence-corrected chi connectivity index (χ2v) is 7.91. The highest BCUT2D eigenvalue weighted by molar-refractivity contribution is 7.89. The number of halogens is 3. The first-order valence-electron chi connectivity index (χ1n) is 7.78. The van der Waals surface area contributed by atoms with Gasteiger partial charge in [0.15, 0.2) is 0 Å². The van der Waals surface area contributed by atoms with Crippen LogP contribution < -0.4 is 10.1 Å². The molecule has 0 aliphatic rings. The van der Waals surface area contributed by atoms with Gasteiger partial charge in [0.2, 0.25) is 15.9 Å². The molecule has 0 aliphatic heterocycles. The molecule has 27 heavy (non-hydrogen) atoms. The molecule has 1 amide bonds. The number of carbonyl (C=O) groups is 1. The lowest BCUT2D eigenvalue weighted by atomic mass is 10.3. The van der Waals surface area contributed by atoms with Crippen molar-refractivity contribution in [2.75, 3.05) is 25.5 Å². The first-order valence-corrected chi connectivity index (χ1v) is 9.60. The van der Waals surface area contributed by atoms with E-state index < -0.39 is 34.1 Å². The van der Waals surface area contributed by atoms with E-state index in [9.17, 15) is 22.0 Å². The standard InChI is InChI=1S/C17H17ClF2N2O4S/c1-3-26-15-7-4-11(18)8-16(15)27(24,25)22(2)10-17(23)21-14-6-5-12(19)9-13(14)20/h4-9H,3,10H2,1-2H3,(H,21,23). The van der Waals surface area contributed by atoms with Gasteiger partial charge in [-0.3, -0.25) is 4.79 Å². The minimum atomic E-state index is -4.11. The maximum Gasteiger partial charge on any atom is 0.247 e. The number of likely N-dealkylation sites (N-methyl/N-ethyl adjacent to an activating group) is 1. The number of amides is 1. The Balaban J connectivity index is 2.20. The van der Waals surface area contributed by atoms with E-state index in [1.165, 1.54) is 25.2 Å². The Hall–Kier alpha value is -2.23. The summed E-state index contributed by atoms with van der Waals surface area (Å²) in [7, 11) is -2.92. The van der Waals surface area contributed by atoms with E-state index in [2.05, 4.69) is 5.32 Å². The predicted molar refractivity (Wildman–Crippen MR) is 97.4 cm³/mol. The lowest BCUT2D eigenvalue weighted by Gasteiger charge is -2.19. The second kappa shape index (κ2) is 8.64. The third kappa shape index (κ3) is 5.15. The van der Waals surface area contributed by atoms with Crippen molar-refractivity contribution in [3.63, 3.8) is 0 Å². The van der Waals surface area contributed by atoms with Gasteiger partial charge in [-0.05, 0) is 37.3 Å². The molecule has 0 heterocycles. The molecule has 2 rings (SSSR count). The van der Waals surface area contributed by atoms with E-state index in [1.54, 1.807) is 6.92 Å². The summed E-state index contributed by atoms with van der Waals surface area (Å²) in [6.07, 6.45) is 0. The van der Waals surface area contributed by atoms with Crippen LogP contribution in [0.1, 0.15) is 6.92 Å². The lowest BCUT2D eigenvalue weighted by Crippen LogP contribution is -2.35. The van der Waals surface area contributed by atoms with Gasteiger partial charge in [0.05, 0.1) is 18.8 Å². The van der Waals surface area contributed by atoms with Crippen LogP contribution in [0.2, 0.25) is 5.02 Å². The van der Waals surface area contributed by atoms with Crippen molar-refractivity contribution in [2.24, 2.45) is 0 Å². The highest BCUT2D eigenvalue weighted by atomic mass is 35.5. The second-order valence-electron chi connectivity index (χ2n) is 5.46. The molecule has 10 heteroatoms. The highest BCUT2D eigenvalue weighted by Crippen LogP contribution is 2.29. The molecule has 0 atom stereocenters. The topological polar surface area (TPSA) is 75.7 Å². The van der Waals surface area contributed by atoms with E-state index in [0.717, 1.165) is 16.4 Å². The summed E-state index contributed by atoms with van der Waals surface area (Å²) in [5.74, 6) is -2.47. The minimum Gasteiger partial charge on any atom is -0.492 e. The van der Waals surface area contributed by atoms with Crippen molar-refractivity contribution >= 4 is 33.2 Å². The Labute approximate surface area is 160 Å². The normalized spacial score (nSPS) is 11.5. The van der Waals surface area contributed by atoms with Gasteiger partial charge in [0.25, 0.3) is 0 Å². The van der Waals surface area contributed by atoms with Crippen molar-refractivity contribution in [2.45, 2.75) is 11.8 Å². The van der Waals surface area contributed by atoms with Crippen LogP contribution in [-0.2, 0) is 14.8 Å². The van der Waals surface area contributed by atoms with Crippen LogP contribution in [0.25, 0.3) is 0 Å². The SMILES string of the molecule is CCOc1ccc(Cl)cc1S(=O)(=O)N(C)CC(=O)Nc1ccc(F)cc1F. The van der Waals surface area contributed by atoms with Crippen molar-refractivity contribution in [3.05, 3.63) is 53.1 Å². The van der Waals surface area contributed by atoms with E-state index >= 15 is 0 Å². The molecule has 0 fully saturated rings. The number of anilines is 1. The maximum absolute atomic E-state index is 13.6. The molecule has 1 N–H and O–H groups in total. The Morgan fingerprint density at radius 1 is 1.22 bits per heavy atom. The van der Waals surface area contributed by atoms with Crippen molar-refractivity contribution in [1.82, 2.24) is 4.31 Å². The van der Waals surface area contributed by atoms with E-state index in [4.69, 9.17) is 16.3 Å². The number of nitrogens with zero attached hydrogens (tertiary/aromatic N) is 1. The number of benzene rings is 2. The zero-order valence-corrected chi connectivity index (χ0v) is 16.1. The molecule has 2 aromatic carbocycles. The van der Waals surface area contributed by atoms with Gasteiger partial charge in [-0.2, -0.15) is 4.31 Å². The fourth-order valence-electron chi connectivity index (χ4n) is 2.19. The molecule has 0 aliphatic carbocycles. The smallest absolute Gasteiger partial charge is 0.247 e. The van der Waals surface area contributed by atoms with Crippen LogP contribution in [0.3, 0.4) is 0 Å². The van der Waals surface area contributed by atoms with Crippen LogP contribution in [0.4, 0.5) is 14.5 Å². The summed E-state index contributed by atoms with van der Waals surface area (Å²) in [5, 5.41) is 2.38. The fourth-order valence-corrected chi connectivity index (χ4v) is 3.71. The molecule has 2 aromatic rings. The van der Waals surface area contributed by atoms with Crippen LogP contribution in [-0.4, -0.2) is 38.8 Å². The Kier molecular flexibility index (Phi) is 6.74. The molecule has 0 radical (unpaired) electrons. The van der Waals surface area contributed by atoms with E-state index in [-0.39, 0.29) is 28.0 Å². The van der Waals surface area contributed by atoms with Crippen LogP contribution in [0.15, 0.2) is 41.3 Å². The molecule has 0 saturated heterocycles. The van der Waals surface area contributed by atoms with Crippen molar-refractivity contribution < 1.29 is 26.7 Å². The van der Waals surface area contributed by atoms with Crippen LogP contribution in [0.5, 0.6) is 5.75 Å². The zero-order valence-electron chi connectivity index (χ0n) is 14.5. The van der Waals surface area contributed by atoms with Crippen molar-refractivity contribution in [1.29, 1.82) is 0 Å². The van der Waals surface area contributed by atoms with Gasteiger partial charge >= 0.3 is 0 Å². The number of nitrogens with one attached hydrogen (secondary N) is 1. The summed E-state index contributed by atoms with van der Waals surface area (Å²) in [5.41, 5.74) is -0.259. The number of rotatable bonds is 7. The first-order chi connectivity index (χ1) is 12.6. The number of hydrogen-bond donors (Lipinski definition) is 1. The van der Waals surface area contributed by atoms with Gasteiger partial charge in [-0.1, -0.05) is 11.6 Å². The molecule has 0 unspecified atom stereocenters. The predicted octanol–water partition coefficient (Wildman–Crippen LogP) is 3.28. The Bertz CT molecular complexity index is 954. The first kappa shape index (κ1) is 21.1. The molecule has 146 valence electrons. The number of hydrogen-bond acceptors (Lipinski definition) is 4. The van der Waals surface area contributed by atoms with Gasteiger partial charge in [-0.25, -0.2) is 17.2 Å². The zero-order chi connectivity index (χ0) is 20.2. The Morgan fingerprint density at radius 2 is 1.93 bits per heavy atom. The summed E-state index contributed by atoms with van der Waals surface area (Å²) >= 11 is 5.88. The molecule has 0 bridgehead atoms. The van der Waals surface area contributed by atoms with Gasteiger partial charge in [-0.15, -0.1) is 0 Å².